The molecule has 0 aliphatic carbocycles. The van der Waals surface area contributed by atoms with Crippen LogP contribution in [0.3, 0.4) is 0 Å². The smallest absolute Gasteiger partial charge is 0.410 e. The molecule has 1 aromatic heterocycles. The number of rotatable bonds is 4. The van der Waals surface area contributed by atoms with Crippen LogP contribution in [0.15, 0.2) is 24.5 Å². The number of fused-ring (bicyclic) bond motifs is 1. The molecule has 0 bridgehead atoms. The minimum Gasteiger partial charge on any atom is -0.476 e. The molecular formula is C19H22N4O6. The Hall–Kier alpha value is -3.43. The molecule has 10 nitrogen and oxygen atoms in total. The van der Waals surface area contributed by atoms with Gasteiger partial charge in [0.05, 0.1) is 12.0 Å². The molecule has 2 aromatic rings. The zero-order valence-electron chi connectivity index (χ0n) is 16.7. The number of nitrogens with zero attached hydrogens (tertiary/aromatic N) is 4. The van der Waals surface area contributed by atoms with E-state index in [2.05, 4.69) is 9.97 Å². The van der Waals surface area contributed by atoms with Crippen molar-refractivity contribution in [3.05, 3.63) is 45.8 Å². The Morgan fingerprint density at radius 1 is 1.21 bits per heavy atom. The van der Waals surface area contributed by atoms with Crippen molar-refractivity contribution in [2.75, 3.05) is 13.7 Å². The normalized spacial score (nSPS) is 13.4. The predicted octanol–water partition coefficient (Wildman–Crippen LogP) is 3.48. The Balaban J connectivity index is 1.78. The predicted molar refractivity (Wildman–Crippen MR) is 102 cm³/mol. The molecule has 0 N–H and O–H groups in total. The van der Waals surface area contributed by atoms with E-state index in [9.17, 15) is 14.9 Å². The van der Waals surface area contributed by atoms with Crippen LogP contribution in [0, 0.1) is 10.1 Å². The van der Waals surface area contributed by atoms with E-state index >= 15 is 0 Å². The third kappa shape index (κ3) is 4.71. The van der Waals surface area contributed by atoms with Crippen molar-refractivity contribution in [2.24, 2.45) is 0 Å². The Bertz CT molecular complexity index is 941. The molecule has 3 rings (SSSR count). The number of ether oxygens (including phenoxy) is 3. The molecule has 1 aliphatic heterocycles. The quantitative estimate of drug-likeness (QED) is 0.563. The highest BCUT2D eigenvalue weighted by atomic mass is 16.6. The van der Waals surface area contributed by atoms with Crippen molar-refractivity contribution in [2.45, 2.75) is 39.3 Å². The highest BCUT2D eigenvalue weighted by Crippen LogP contribution is 2.36. The molecule has 29 heavy (non-hydrogen) atoms. The molecule has 1 amide bonds. The second-order valence-electron chi connectivity index (χ2n) is 7.48. The molecule has 1 aliphatic rings. The van der Waals surface area contributed by atoms with Gasteiger partial charge < -0.3 is 19.1 Å². The van der Waals surface area contributed by atoms with E-state index in [1.165, 1.54) is 7.11 Å². The van der Waals surface area contributed by atoms with Gasteiger partial charge >= 0.3 is 23.5 Å². The van der Waals surface area contributed by atoms with E-state index in [0.29, 0.717) is 25.3 Å². The zero-order chi connectivity index (χ0) is 21.2. The summed E-state index contributed by atoms with van der Waals surface area (Å²) in [6.07, 6.45) is 1.39. The number of hydrogen-bond acceptors (Lipinski definition) is 8. The monoisotopic (exact) mass is 402 g/mol. The standard InChI is InChI=1S/C19H22N4O6/c1-19(2,3)29-18(24)22-8-7-12-9-14(6-5-13(12)10-22)28-17-15(23(25)26)16(27-4)20-11-21-17/h5-6,9,11H,7-8,10H2,1-4H3. The van der Waals surface area contributed by atoms with Crippen molar-refractivity contribution < 1.29 is 23.9 Å². The minimum atomic E-state index is -0.648. The van der Waals surface area contributed by atoms with Crippen LogP contribution < -0.4 is 9.47 Å². The summed E-state index contributed by atoms with van der Waals surface area (Å²) in [4.78, 5) is 32.2. The molecule has 154 valence electrons. The first kappa shape index (κ1) is 20.3. The second kappa shape index (κ2) is 7.90. The van der Waals surface area contributed by atoms with Crippen LogP contribution in [0.25, 0.3) is 0 Å². The number of carbonyl (C=O) groups is 1. The summed E-state index contributed by atoms with van der Waals surface area (Å²) in [7, 11) is 1.29. The van der Waals surface area contributed by atoms with Gasteiger partial charge in [-0.1, -0.05) is 6.07 Å². The zero-order valence-corrected chi connectivity index (χ0v) is 16.7. The number of aromatic nitrogens is 2. The maximum absolute atomic E-state index is 12.3. The fourth-order valence-corrected chi connectivity index (χ4v) is 2.91. The lowest BCUT2D eigenvalue weighted by Crippen LogP contribution is -2.39. The number of methoxy groups -OCH3 is 1. The molecule has 0 fully saturated rings. The third-order valence-corrected chi connectivity index (χ3v) is 4.19. The summed E-state index contributed by atoms with van der Waals surface area (Å²) in [5.74, 6) is 0.0253. The van der Waals surface area contributed by atoms with Gasteiger partial charge in [0.1, 0.15) is 17.7 Å². The van der Waals surface area contributed by atoms with Crippen molar-refractivity contribution in [3.8, 4) is 17.5 Å². The Kier molecular flexibility index (Phi) is 5.53. The minimum absolute atomic E-state index is 0.175. The second-order valence-corrected chi connectivity index (χ2v) is 7.48. The summed E-state index contributed by atoms with van der Waals surface area (Å²) in [6.45, 7) is 6.41. The molecule has 0 saturated carbocycles. The molecule has 0 saturated heterocycles. The lowest BCUT2D eigenvalue weighted by Gasteiger charge is -2.31. The number of hydrogen-bond donors (Lipinski definition) is 0. The maximum atomic E-state index is 12.3. The number of carbonyl (C=O) groups excluding carboxylic acids is 1. The Morgan fingerprint density at radius 3 is 2.59 bits per heavy atom. The van der Waals surface area contributed by atoms with Crippen molar-refractivity contribution in [3.63, 3.8) is 0 Å². The highest BCUT2D eigenvalue weighted by Gasteiger charge is 2.28. The maximum Gasteiger partial charge on any atom is 0.410 e. The molecule has 1 aromatic carbocycles. The van der Waals surface area contributed by atoms with Crippen molar-refractivity contribution >= 4 is 11.8 Å². The Morgan fingerprint density at radius 2 is 1.93 bits per heavy atom. The van der Waals surface area contributed by atoms with Crippen LogP contribution in [0.1, 0.15) is 31.9 Å². The van der Waals surface area contributed by atoms with Gasteiger partial charge in [-0.15, -0.1) is 0 Å². The topological polar surface area (TPSA) is 117 Å². The SMILES string of the molecule is COc1ncnc(Oc2ccc3c(c2)CCN(C(=O)OC(C)(C)C)C3)c1[N+](=O)[O-]. The first-order valence-corrected chi connectivity index (χ1v) is 8.99. The van der Waals surface area contributed by atoms with E-state index < -0.39 is 16.2 Å². The van der Waals surface area contributed by atoms with Gasteiger partial charge in [0, 0.05) is 13.1 Å². The van der Waals surface area contributed by atoms with Crippen LogP contribution in [-0.2, 0) is 17.7 Å². The molecule has 0 unspecified atom stereocenters. The van der Waals surface area contributed by atoms with Crippen LogP contribution in [0.2, 0.25) is 0 Å². The van der Waals surface area contributed by atoms with E-state index in [0.717, 1.165) is 17.5 Å². The van der Waals surface area contributed by atoms with Gasteiger partial charge in [-0.05, 0) is 50.5 Å². The summed E-state index contributed by atoms with van der Waals surface area (Å²) in [6, 6.07) is 5.29. The van der Waals surface area contributed by atoms with Crippen LogP contribution in [-0.4, -0.2) is 45.1 Å². The highest BCUT2D eigenvalue weighted by molar-refractivity contribution is 5.68. The van der Waals surface area contributed by atoms with Crippen LogP contribution in [0.4, 0.5) is 10.5 Å². The number of amides is 1. The van der Waals surface area contributed by atoms with Crippen molar-refractivity contribution in [1.29, 1.82) is 0 Å². The fraction of sp³-hybridized carbons (Fsp3) is 0.421. The van der Waals surface area contributed by atoms with Gasteiger partial charge in [0.2, 0.25) is 0 Å². The fourth-order valence-electron chi connectivity index (χ4n) is 2.91. The summed E-state index contributed by atoms with van der Waals surface area (Å²) >= 11 is 0. The van der Waals surface area contributed by atoms with Crippen molar-refractivity contribution in [1.82, 2.24) is 14.9 Å². The van der Waals surface area contributed by atoms with Crippen LogP contribution in [0.5, 0.6) is 17.5 Å². The van der Waals surface area contributed by atoms with Gasteiger partial charge in [-0.25, -0.2) is 4.79 Å². The van der Waals surface area contributed by atoms with E-state index in [-0.39, 0.29) is 17.9 Å². The average Bonchev–Trinajstić information content (AvgIpc) is 2.65. The summed E-state index contributed by atoms with van der Waals surface area (Å²) in [5, 5.41) is 11.3. The summed E-state index contributed by atoms with van der Waals surface area (Å²) < 4.78 is 16.0. The van der Waals surface area contributed by atoms with Gasteiger partial charge in [0.15, 0.2) is 0 Å². The lowest BCUT2D eigenvalue weighted by molar-refractivity contribution is -0.387. The molecule has 10 heteroatoms. The first-order valence-electron chi connectivity index (χ1n) is 8.99. The van der Waals surface area contributed by atoms with Crippen LogP contribution >= 0.6 is 0 Å². The number of nitro groups is 1. The van der Waals surface area contributed by atoms with E-state index in [1.807, 2.05) is 26.8 Å². The van der Waals surface area contributed by atoms with E-state index in [1.54, 1.807) is 17.0 Å². The third-order valence-electron chi connectivity index (χ3n) is 4.19. The molecule has 0 atom stereocenters. The molecule has 2 heterocycles. The molecule has 0 spiro atoms. The Labute approximate surface area is 167 Å². The molecule has 0 radical (unpaired) electrons. The largest absolute Gasteiger partial charge is 0.476 e. The summed E-state index contributed by atoms with van der Waals surface area (Å²) in [5.41, 5.74) is 0.960. The van der Waals surface area contributed by atoms with Gasteiger partial charge in [-0.3, -0.25) is 10.1 Å². The first-order chi connectivity index (χ1) is 13.7. The van der Waals surface area contributed by atoms with E-state index in [4.69, 9.17) is 14.2 Å². The number of benzene rings is 1. The average molecular weight is 402 g/mol. The molecular weight excluding hydrogens is 380 g/mol. The van der Waals surface area contributed by atoms with Gasteiger partial charge in [-0.2, -0.15) is 9.97 Å². The lowest BCUT2D eigenvalue weighted by atomic mass is 10.00. The van der Waals surface area contributed by atoms with Gasteiger partial charge in [0.25, 0.3) is 0 Å².